The predicted octanol–water partition coefficient (Wildman–Crippen LogP) is 1.90. The molecule has 0 saturated heterocycles. The molecule has 1 aromatic carbocycles. The third-order valence-corrected chi connectivity index (χ3v) is 3.90. The second-order valence-electron chi connectivity index (χ2n) is 5.31. The van der Waals surface area contributed by atoms with Gasteiger partial charge in [-0.05, 0) is 30.2 Å². The van der Waals surface area contributed by atoms with Gasteiger partial charge in [0.2, 0.25) is 0 Å². The van der Waals surface area contributed by atoms with Gasteiger partial charge >= 0.3 is 0 Å². The molecule has 1 aliphatic rings. The molecule has 2 heterocycles. The Hall–Kier alpha value is -3.40. The quantitative estimate of drug-likeness (QED) is 0.844. The van der Waals surface area contributed by atoms with Crippen molar-refractivity contribution in [3.8, 4) is 17.2 Å². The molecule has 2 aromatic rings. The Morgan fingerprint density at radius 1 is 1.38 bits per heavy atom. The van der Waals surface area contributed by atoms with Gasteiger partial charge in [-0.15, -0.1) is 0 Å². The predicted molar refractivity (Wildman–Crippen MR) is 85.4 cm³/mol. The summed E-state index contributed by atoms with van der Waals surface area (Å²) in [5, 5.41) is 14.6. The fourth-order valence-electron chi connectivity index (χ4n) is 2.57. The number of aromatic nitrogens is 2. The minimum Gasteiger partial charge on any atom is -0.366 e. The average molecular weight is 324 g/mol. The molecule has 1 aliphatic heterocycles. The van der Waals surface area contributed by atoms with E-state index < -0.39 is 12.0 Å². The molecule has 1 aromatic heterocycles. The highest BCUT2D eigenvalue weighted by Gasteiger charge is 2.19. The molecule has 120 valence electrons. The van der Waals surface area contributed by atoms with Crippen LogP contribution in [0.5, 0.6) is 0 Å². The van der Waals surface area contributed by atoms with E-state index in [1.165, 1.54) is 30.1 Å². The third kappa shape index (κ3) is 2.44. The first kappa shape index (κ1) is 15.5. The number of allylic oxidation sites excluding steroid dienone is 2. The molecule has 2 N–H and O–H groups in total. The Bertz CT molecular complexity index is 975. The van der Waals surface area contributed by atoms with Gasteiger partial charge in [-0.2, -0.15) is 5.26 Å². The van der Waals surface area contributed by atoms with Crippen LogP contribution in [0.1, 0.15) is 17.3 Å². The van der Waals surface area contributed by atoms with Crippen LogP contribution >= 0.6 is 0 Å². The molecule has 0 fully saturated rings. The number of hydrogen-bond acceptors (Lipinski definition) is 4. The molecule has 1 unspecified atom stereocenters. The number of aldehydes is 1. The summed E-state index contributed by atoms with van der Waals surface area (Å²) in [6, 6.07) is 4.69. The normalized spacial score (nSPS) is 16.2. The molecule has 7 heteroatoms. The molecule has 0 saturated carbocycles. The van der Waals surface area contributed by atoms with E-state index in [-0.39, 0.29) is 16.7 Å². The monoisotopic (exact) mass is 324 g/mol. The topological polar surface area (TPSA) is 90.7 Å². The number of nitriles is 1. The number of benzene rings is 1. The Balaban J connectivity index is 2.01. The van der Waals surface area contributed by atoms with Crippen molar-refractivity contribution in [1.29, 1.82) is 5.26 Å². The van der Waals surface area contributed by atoms with Crippen LogP contribution in [0.25, 0.3) is 11.1 Å². The molecular weight excluding hydrogens is 311 g/mol. The highest BCUT2D eigenvalue weighted by molar-refractivity contribution is 5.77. The maximum atomic E-state index is 14.1. The third-order valence-electron chi connectivity index (χ3n) is 3.90. The van der Waals surface area contributed by atoms with Crippen molar-refractivity contribution in [2.45, 2.75) is 13.1 Å². The molecule has 24 heavy (non-hydrogen) atoms. The molecule has 0 amide bonds. The zero-order valence-corrected chi connectivity index (χ0v) is 12.7. The Morgan fingerprint density at radius 3 is 2.79 bits per heavy atom. The smallest absolute Gasteiger partial charge is 0.276 e. The lowest BCUT2D eigenvalue weighted by atomic mass is 10.0. The van der Waals surface area contributed by atoms with E-state index in [1.54, 1.807) is 24.3 Å². The van der Waals surface area contributed by atoms with Gasteiger partial charge in [-0.25, -0.2) is 9.07 Å². The summed E-state index contributed by atoms with van der Waals surface area (Å²) in [4.78, 5) is 23.3. The van der Waals surface area contributed by atoms with Gasteiger partial charge in [0.15, 0.2) is 6.29 Å². The Labute approximate surface area is 136 Å². The van der Waals surface area contributed by atoms with Crippen LogP contribution in [0.15, 0.2) is 47.0 Å². The lowest BCUT2D eigenvalue weighted by molar-refractivity contribution is -0.104. The van der Waals surface area contributed by atoms with Crippen molar-refractivity contribution in [3.63, 3.8) is 0 Å². The summed E-state index contributed by atoms with van der Waals surface area (Å²) in [6.45, 7) is 1.53. The van der Waals surface area contributed by atoms with E-state index in [0.717, 1.165) is 0 Å². The van der Waals surface area contributed by atoms with Gasteiger partial charge in [0.05, 0.1) is 11.1 Å². The van der Waals surface area contributed by atoms with E-state index in [2.05, 4.69) is 10.4 Å². The fraction of sp³-hybridized carbons (Fsp3) is 0.118. The van der Waals surface area contributed by atoms with Crippen LogP contribution in [-0.2, 0) is 4.79 Å². The summed E-state index contributed by atoms with van der Waals surface area (Å²) in [7, 11) is 0. The van der Waals surface area contributed by atoms with Gasteiger partial charge in [-0.3, -0.25) is 14.7 Å². The second kappa shape index (κ2) is 6.01. The van der Waals surface area contributed by atoms with Crippen molar-refractivity contribution >= 4 is 6.29 Å². The molecule has 0 bridgehead atoms. The van der Waals surface area contributed by atoms with Crippen LogP contribution < -0.4 is 10.9 Å². The SMILES string of the molecule is Cc1c(-c2c[nH]n(C3C=CC(C=O)=CN3)c2=O)ccc(C#N)c1F. The molecule has 1 atom stereocenters. The first-order valence-corrected chi connectivity index (χ1v) is 7.16. The van der Waals surface area contributed by atoms with E-state index in [1.807, 2.05) is 0 Å². The number of nitrogens with one attached hydrogen (secondary N) is 2. The second-order valence-corrected chi connectivity index (χ2v) is 5.31. The largest absolute Gasteiger partial charge is 0.366 e. The van der Waals surface area contributed by atoms with Crippen LogP contribution in [0.4, 0.5) is 4.39 Å². The van der Waals surface area contributed by atoms with Gasteiger partial charge in [0.25, 0.3) is 5.56 Å². The first-order chi connectivity index (χ1) is 11.6. The Kier molecular flexibility index (Phi) is 3.88. The van der Waals surface area contributed by atoms with Crippen molar-refractivity contribution < 1.29 is 9.18 Å². The van der Waals surface area contributed by atoms with E-state index in [4.69, 9.17) is 5.26 Å². The van der Waals surface area contributed by atoms with Crippen molar-refractivity contribution in [2.75, 3.05) is 0 Å². The minimum absolute atomic E-state index is 0.0597. The van der Waals surface area contributed by atoms with E-state index in [9.17, 15) is 14.0 Å². The van der Waals surface area contributed by atoms with Gasteiger partial charge < -0.3 is 5.32 Å². The van der Waals surface area contributed by atoms with Crippen LogP contribution in [0.2, 0.25) is 0 Å². The maximum Gasteiger partial charge on any atom is 0.276 e. The maximum absolute atomic E-state index is 14.1. The standard InChI is InChI=1S/C17H13FN4O2/c1-10-13(4-3-12(6-19)16(10)18)14-8-21-22(17(14)24)15-5-2-11(9-23)7-20-15/h2-5,7-9,15,20-21H,1H3. The highest BCUT2D eigenvalue weighted by atomic mass is 19.1. The first-order valence-electron chi connectivity index (χ1n) is 7.16. The Morgan fingerprint density at radius 2 is 2.17 bits per heavy atom. The zero-order chi connectivity index (χ0) is 17.3. The lowest BCUT2D eigenvalue weighted by Crippen LogP contribution is -2.31. The number of carbonyl (C=O) groups excluding carboxylic acids is 1. The van der Waals surface area contributed by atoms with Crippen LogP contribution in [0.3, 0.4) is 0 Å². The molecular formula is C17H13FN4O2. The summed E-state index contributed by atoms with van der Waals surface area (Å²) >= 11 is 0. The van der Waals surface area contributed by atoms with Crippen LogP contribution in [-0.4, -0.2) is 16.1 Å². The number of aromatic amines is 1. The summed E-state index contributed by atoms with van der Waals surface area (Å²) in [5.41, 5.74) is 1.04. The molecule has 0 radical (unpaired) electrons. The minimum atomic E-state index is -0.628. The number of H-pyrrole nitrogens is 1. The zero-order valence-electron chi connectivity index (χ0n) is 12.7. The molecule has 0 aliphatic carbocycles. The lowest BCUT2D eigenvalue weighted by Gasteiger charge is -2.17. The van der Waals surface area contributed by atoms with E-state index in [0.29, 0.717) is 23.0 Å². The summed E-state index contributed by atoms with van der Waals surface area (Å²) in [5.74, 6) is -0.628. The van der Waals surface area contributed by atoms with Gasteiger partial charge in [0, 0.05) is 18.0 Å². The number of halogens is 1. The van der Waals surface area contributed by atoms with Gasteiger partial charge in [0.1, 0.15) is 18.1 Å². The number of rotatable bonds is 3. The fourth-order valence-corrected chi connectivity index (χ4v) is 2.57. The highest BCUT2D eigenvalue weighted by Crippen LogP contribution is 2.25. The molecule has 0 spiro atoms. The number of carbonyl (C=O) groups is 1. The van der Waals surface area contributed by atoms with Gasteiger partial charge in [-0.1, -0.05) is 12.1 Å². The molecule has 6 nitrogen and oxygen atoms in total. The number of nitrogens with zero attached hydrogens (tertiary/aromatic N) is 2. The molecule has 3 rings (SSSR count). The number of dihydropyridines is 1. The number of hydrogen-bond donors (Lipinski definition) is 2. The summed E-state index contributed by atoms with van der Waals surface area (Å²) in [6.07, 6.45) is 6.50. The van der Waals surface area contributed by atoms with E-state index >= 15 is 0 Å². The van der Waals surface area contributed by atoms with Crippen molar-refractivity contribution in [2.24, 2.45) is 0 Å². The van der Waals surface area contributed by atoms with Crippen molar-refractivity contribution in [3.05, 3.63) is 69.6 Å². The summed E-state index contributed by atoms with van der Waals surface area (Å²) < 4.78 is 15.5. The van der Waals surface area contributed by atoms with Crippen molar-refractivity contribution in [1.82, 2.24) is 15.1 Å². The average Bonchev–Trinajstić information content (AvgIpc) is 2.99. The van der Waals surface area contributed by atoms with Crippen LogP contribution in [0, 0.1) is 24.1 Å².